The van der Waals surface area contributed by atoms with Crippen molar-refractivity contribution in [1.29, 1.82) is 0 Å². The molecular weight excluding hydrogens is 204 g/mol. The molecule has 0 aliphatic rings. The van der Waals surface area contributed by atoms with Crippen molar-refractivity contribution in [1.82, 2.24) is 0 Å². The largest absolute Gasteiger partial charge is 0.506 e. The van der Waals surface area contributed by atoms with Gasteiger partial charge in [0, 0.05) is 0 Å². The lowest BCUT2D eigenvalue weighted by Gasteiger charge is -2.14. The molecule has 3 heteroatoms. The maximum absolute atomic E-state index is 10.5. The summed E-state index contributed by atoms with van der Waals surface area (Å²) in [6, 6.07) is 10.0. The fraction of sp³-hybridized carbons (Fsp3) is 0.462. The predicted molar refractivity (Wildman–Crippen MR) is 62.6 cm³/mol. The van der Waals surface area contributed by atoms with Crippen LogP contribution in [-0.2, 0) is 11.2 Å². The second-order valence-electron chi connectivity index (χ2n) is 3.82. The molecule has 1 atom stereocenters. The predicted octanol–water partition coefficient (Wildman–Crippen LogP) is 3.48. The summed E-state index contributed by atoms with van der Waals surface area (Å²) in [6.45, 7) is 2.03. The zero-order valence-corrected chi connectivity index (χ0v) is 9.56. The molecule has 16 heavy (non-hydrogen) atoms. The lowest BCUT2D eigenvalue weighted by Crippen LogP contribution is -2.17. The molecule has 0 saturated carbocycles. The number of benzene rings is 1. The molecule has 0 amide bonds. The summed E-state index contributed by atoms with van der Waals surface area (Å²) in [7, 11) is 0. The van der Waals surface area contributed by atoms with Crippen LogP contribution in [0.15, 0.2) is 30.3 Å². The molecule has 1 N–H and O–H groups in total. The average molecular weight is 222 g/mol. The van der Waals surface area contributed by atoms with Gasteiger partial charge in [-0.1, -0.05) is 43.7 Å². The van der Waals surface area contributed by atoms with Crippen LogP contribution in [0, 0.1) is 0 Å². The minimum absolute atomic E-state index is 0.178. The van der Waals surface area contributed by atoms with E-state index in [4.69, 9.17) is 9.84 Å². The van der Waals surface area contributed by atoms with E-state index in [0.717, 1.165) is 25.7 Å². The molecule has 1 aromatic carbocycles. The van der Waals surface area contributed by atoms with E-state index < -0.39 is 6.16 Å². The number of carbonyl (C=O) groups is 1. The van der Waals surface area contributed by atoms with Crippen LogP contribution < -0.4 is 0 Å². The molecule has 1 rings (SSSR count). The minimum Gasteiger partial charge on any atom is -0.450 e. The van der Waals surface area contributed by atoms with Gasteiger partial charge in [0.05, 0.1) is 0 Å². The van der Waals surface area contributed by atoms with E-state index in [9.17, 15) is 4.79 Å². The Morgan fingerprint density at radius 3 is 2.56 bits per heavy atom. The van der Waals surface area contributed by atoms with Crippen LogP contribution in [0.2, 0.25) is 0 Å². The molecule has 0 aromatic heterocycles. The Labute approximate surface area is 96.1 Å². The lowest BCUT2D eigenvalue weighted by atomic mass is 10.0. The van der Waals surface area contributed by atoms with Gasteiger partial charge in [0.1, 0.15) is 6.10 Å². The van der Waals surface area contributed by atoms with Crippen molar-refractivity contribution in [3.63, 3.8) is 0 Å². The van der Waals surface area contributed by atoms with Gasteiger partial charge in [0.15, 0.2) is 0 Å². The first kappa shape index (κ1) is 12.6. The van der Waals surface area contributed by atoms with Crippen LogP contribution in [0.3, 0.4) is 0 Å². The molecule has 0 heterocycles. The highest BCUT2D eigenvalue weighted by molar-refractivity contribution is 5.57. The molecule has 0 aliphatic carbocycles. The van der Waals surface area contributed by atoms with E-state index in [2.05, 4.69) is 0 Å². The number of carboxylic acid groups (broad SMARTS) is 1. The lowest BCUT2D eigenvalue weighted by molar-refractivity contribution is 0.0444. The SMILES string of the molecule is CCCC(CCc1ccccc1)OC(=O)O. The Balaban J connectivity index is 2.40. The Hall–Kier alpha value is -1.51. The number of hydrogen-bond acceptors (Lipinski definition) is 2. The number of hydrogen-bond donors (Lipinski definition) is 1. The van der Waals surface area contributed by atoms with Crippen LogP contribution >= 0.6 is 0 Å². The van der Waals surface area contributed by atoms with Crippen LogP contribution in [0.4, 0.5) is 4.79 Å². The summed E-state index contributed by atoms with van der Waals surface area (Å²) in [4.78, 5) is 10.5. The van der Waals surface area contributed by atoms with Crippen molar-refractivity contribution >= 4 is 6.16 Å². The molecule has 0 saturated heterocycles. The fourth-order valence-electron chi connectivity index (χ4n) is 1.70. The van der Waals surface area contributed by atoms with Gasteiger partial charge in [0.25, 0.3) is 0 Å². The third kappa shape index (κ3) is 4.82. The van der Waals surface area contributed by atoms with Crippen LogP contribution in [0.25, 0.3) is 0 Å². The molecule has 88 valence electrons. The van der Waals surface area contributed by atoms with Gasteiger partial charge in [-0.25, -0.2) is 4.79 Å². The minimum atomic E-state index is -1.17. The van der Waals surface area contributed by atoms with Gasteiger partial charge in [-0.05, 0) is 24.8 Å². The maximum atomic E-state index is 10.5. The Morgan fingerprint density at radius 1 is 1.31 bits per heavy atom. The van der Waals surface area contributed by atoms with Crippen LogP contribution in [-0.4, -0.2) is 17.4 Å². The van der Waals surface area contributed by atoms with Crippen molar-refractivity contribution in [2.45, 2.75) is 38.7 Å². The molecular formula is C13H18O3. The van der Waals surface area contributed by atoms with Crippen molar-refractivity contribution in [3.8, 4) is 0 Å². The first-order valence-electron chi connectivity index (χ1n) is 5.66. The fourth-order valence-corrected chi connectivity index (χ4v) is 1.70. The molecule has 3 nitrogen and oxygen atoms in total. The summed E-state index contributed by atoms with van der Waals surface area (Å²) in [5.41, 5.74) is 1.22. The molecule has 0 fully saturated rings. The Morgan fingerprint density at radius 2 is 2.00 bits per heavy atom. The van der Waals surface area contributed by atoms with Crippen molar-refractivity contribution < 1.29 is 14.6 Å². The van der Waals surface area contributed by atoms with Gasteiger partial charge >= 0.3 is 6.16 Å². The molecule has 0 radical (unpaired) electrons. The second-order valence-corrected chi connectivity index (χ2v) is 3.82. The van der Waals surface area contributed by atoms with Gasteiger partial charge < -0.3 is 9.84 Å². The topological polar surface area (TPSA) is 46.5 Å². The molecule has 1 aromatic rings. The highest BCUT2D eigenvalue weighted by Gasteiger charge is 2.12. The third-order valence-corrected chi connectivity index (χ3v) is 2.48. The quantitative estimate of drug-likeness (QED) is 0.749. The van der Waals surface area contributed by atoms with Crippen molar-refractivity contribution in [2.75, 3.05) is 0 Å². The zero-order valence-electron chi connectivity index (χ0n) is 9.56. The van der Waals surface area contributed by atoms with E-state index in [-0.39, 0.29) is 6.10 Å². The summed E-state index contributed by atoms with van der Waals surface area (Å²) in [5, 5.41) is 8.59. The van der Waals surface area contributed by atoms with Crippen molar-refractivity contribution in [2.24, 2.45) is 0 Å². The zero-order chi connectivity index (χ0) is 11.8. The van der Waals surface area contributed by atoms with Crippen LogP contribution in [0.1, 0.15) is 31.7 Å². The van der Waals surface area contributed by atoms with Gasteiger partial charge in [-0.3, -0.25) is 0 Å². The third-order valence-electron chi connectivity index (χ3n) is 2.48. The molecule has 1 unspecified atom stereocenters. The monoisotopic (exact) mass is 222 g/mol. The number of ether oxygens (including phenoxy) is 1. The Kier molecular flexibility index (Phi) is 5.40. The van der Waals surface area contributed by atoms with E-state index >= 15 is 0 Å². The Bertz CT molecular complexity index is 308. The molecule has 0 aliphatic heterocycles. The van der Waals surface area contributed by atoms with E-state index in [1.165, 1.54) is 5.56 Å². The summed E-state index contributed by atoms with van der Waals surface area (Å²) in [5.74, 6) is 0. The second kappa shape index (κ2) is 6.88. The smallest absolute Gasteiger partial charge is 0.450 e. The summed E-state index contributed by atoms with van der Waals surface area (Å²) < 4.78 is 4.83. The highest BCUT2D eigenvalue weighted by atomic mass is 16.7. The molecule has 0 bridgehead atoms. The maximum Gasteiger partial charge on any atom is 0.506 e. The molecule has 0 spiro atoms. The normalized spacial score (nSPS) is 12.1. The van der Waals surface area contributed by atoms with E-state index in [0.29, 0.717) is 0 Å². The van der Waals surface area contributed by atoms with Crippen LogP contribution in [0.5, 0.6) is 0 Å². The first-order chi connectivity index (χ1) is 7.72. The van der Waals surface area contributed by atoms with Crippen molar-refractivity contribution in [3.05, 3.63) is 35.9 Å². The average Bonchev–Trinajstić information content (AvgIpc) is 2.27. The number of aryl methyl sites for hydroxylation is 1. The van der Waals surface area contributed by atoms with Gasteiger partial charge in [0.2, 0.25) is 0 Å². The van der Waals surface area contributed by atoms with Gasteiger partial charge in [-0.2, -0.15) is 0 Å². The number of rotatable bonds is 6. The standard InChI is InChI=1S/C13H18O3/c1-2-6-12(16-13(14)15)10-9-11-7-4-3-5-8-11/h3-5,7-8,12H,2,6,9-10H2,1H3,(H,14,15). The van der Waals surface area contributed by atoms with Gasteiger partial charge in [-0.15, -0.1) is 0 Å². The summed E-state index contributed by atoms with van der Waals surface area (Å²) in [6.07, 6.45) is 1.99. The van der Waals surface area contributed by atoms with E-state index in [1.807, 2.05) is 37.3 Å². The first-order valence-corrected chi connectivity index (χ1v) is 5.66. The summed E-state index contributed by atoms with van der Waals surface area (Å²) >= 11 is 0. The highest BCUT2D eigenvalue weighted by Crippen LogP contribution is 2.12. The van der Waals surface area contributed by atoms with E-state index in [1.54, 1.807) is 0 Å².